The van der Waals surface area contributed by atoms with Crippen LogP contribution in [0.5, 0.6) is 0 Å². The fraction of sp³-hybridized carbons (Fsp3) is 0.531. The van der Waals surface area contributed by atoms with Gasteiger partial charge < -0.3 is 0 Å². The first kappa shape index (κ1) is 26.7. The number of alkyl halides is 3. The van der Waals surface area contributed by atoms with Gasteiger partial charge in [0.25, 0.3) is 0 Å². The molecule has 2 saturated carbocycles. The Hall–Kier alpha value is -2.94. The summed E-state index contributed by atoms with van der Waals surface area (Å²) >= 11 is 0. The first-order valence-corrected chi connectivity index (χ1v) is 13.6. The van der Waals surface area contributed by atoms with E-state index in [0.717, 1.165) is 49.7 Å². The Balaban J connectivity index is 1.51. The van der Waals surface area contributed by atoms with E-state index < -0.39 is 6.18 Å². The first-order valence-electron chi connectivity index (χ1n) is 13.6. The van der Waals surface area contributed by atoms with Crippen molar-refractivity contribution in [2.24, 2.45) is 23.2 Å². The molecule has 0 radical (unpaired) electrons. The van der Waals surface area contributed by atoms with Gasteiger partial charge in [0, 0.05) is 42.6 Å². The standard InChI is InChI=1S/C32H33F3O3/c1-19(36)20-6-8-21(9-7-20)26-18-31(2)27(14-15-28(31)29(38)5-3-4-16-32(33,34)35)25-12-10-22-17-23(37)11-13-24(22)30(25)26/h6-9,17,25-28H,3,5,10-15,18H2,1-2H3/t25-,26+,27-,28+,31-/m0/s1. The number of ketones is 3. The van der Waals surface area contributed by atoms with Gasteiger partial charge in [-0.05, 0) is 85.5 Å². The van der Waals surface area contributed by atoms with E-state index in [1.54, 1.807) is 6.92 Å². The molecule has 1 aromatic carbocycles. The second-order valence-electron chi connectivity index (χ2n) is 11.7. The molecule has 4 aliphatic rings. The van der Waals surface area contributed by atoms with Crippen molar-refractivity contribution in [1.29, 1.82) is 0 Å². The van der Waals surface area contributed by atoms with E-state index in [4.69, 9.17) is 0 Å². The number of hydrogen-bond acceptors (Lipinski definition) is 3. The van der Waals surface area contributed by atoms with Crippen LogP contribution in [-0.2, 0) is 9.59 Å². The number of Topliss-reactive ketones (excluding diaryl/α,β-unsaturated/α-hetero) is 2. The van der Waals surface area contributed by atoms with Gasteiger partial charge in [0.2, 0.25) is 0 Å². The predicted octanol–water partition coefficient (Wildman–Crippen LogP) is 7.32. The number of hydrogen-bond donors (Lipinski definition) is 0. The fourth-order valence-corrected chi connectivity index (χ4v) is 7.96. The highest BCUT2D eigenvalue weighted by Crippen LogP contribution is 2.65. The molecule has 0 aromatic heterocycles. The van der Waals surface area contributed by atoms with Crippen LogP contribution in [0.2, 0.25) is 0 Å². The molecule has 2 fully saturated rings. The normalized spacial score (nSPS) is 30.4. The second-order valence-corrected chi connectivity index (χ2v) is 11.7. The summed E-state index contributed by atoms with van der Waals surface area (Å²) in [5.74, 6) is 4.14. The maximum atomic E-state index is 13.4. The summed E-state index contributed by atoms with van der Waals surface area (Å²) in [5, 5.41) is 0. The van der Waals surface area contributed by atoms with Crippen LogP contribution in [0, 0.1) is 35.0 Å². The van der Waals surface area contributed by atoms with Crippen LogP contribution in [0.4, 0.5) is 13.2 Å². The SMILES string of the molecule is CC(=O)c1ccc([C@H]2C[C@]3(C)[C@@H](C(=O)CCC#CC(F)(F)F)CC[C@H]3[C@@H]3CCC4=CC(=O)CCC4=C32)cc1. The minimum absolute atomic E-state index is 0.0101. The number of rotatable bonds is 5. The molecule has 0 spiro atoms. The third-order valence-corrected chi connectivity index (χ3v) is 9.57. The van der Waals surface area contributed by atoms with Gasteiger partial charge in [0.1, 0.15) is 5.78 Å². The lowest BCUT2D eigenvalue weighted by atomic mass is 9.51. The third kappa shape index (κ3) is 4.93. The fourth-order valence-electron chi connectivity index (χ4n) is 7.96. The maximum absolute atomic E-state index is 13.4. The van der Waals surface area contributed by atoms with E-state index in [1.807, 2.05) is 30.3 Å². The van der Waals surface area contributed by atoms with Gasteiger partial charge in [-0.25, -0.2) is 0 Å². The molecule has 0 amide bonds. The predicted molar refractivity (Wildman–Crippen MR) is 138 cm³/mol. The molecule has 38 heavy (non-hydrogen) atoms. The molecular formula is C32H33F3O3. The topological polar surface area (TPSA) is 51.2 Å². The van der Waals surface area contributed by atoms with Crippen molar-refractivity contribution < 1.29 is 27.6 Å². The number of allylic oxidation sites excluding steroid dienone is 4. The summed E-state index contributed by atoms with van der Waals surface area (Å²) in [6, 6.07) is 7.79. The van der Waals surface area contributed by atoms with E-state index in [0.29, 0.717) is 23.8 Å². The van der Waals surface area contributed by atoms with Gasteiger partial charge in [0.05, 0.1) is 0 Å². The average Bonchev–Trinajstić information content (AvgIpc) is 3.22. The summed E-state index contributed by atoms with van der Waals surface area (Å²) in [6.45, 7) is 3.76. The monoisotopic (exact) mass is 522 g/mol. The minimum atomic E-state index is -4.54. The van der Waals surface area contributed by atoms with Crippen molar-refractivity contribution in [2.75, 3.05) is 0 Å². The van der Waals surface area contributed by atoms with Gasteiger partial charge in [-0.3, -0.25) is 14.4 Å². The smallest absolute Gasteiger partial charge is 0.299 e. The van der Waals surface area contributed by atoms with Crippen molar-refractivity contribution in [1.82, 2.24) is 0 Å². The Morgan fingerprint density at radius 1 is 1.05 bits per heavy atom. The summed E-state index contributed by atoms with van der Waals surface area (Å²) in [5.41, 5.74) is 5.41. The molecule has 4 aliphatic carbocycles. The Labute approximate surface area is 221 Å². The molecule has 5 atom stereocenters. The number of benzene rings is 1. The van der Waals surface area contributed by atoms with Gasteiger partial charge in [-0.2, -0.15) is 13.2 Å². The quantitative estimate of drug-likeness (QED) is 0.301. The van der Waals surface area contributed by atoms with E-state index in [-0.39, 0.29) is 47.4 Å². The van der Waals surface area contributed by atoms with Crippen LogP contribution in [0.3, 0.4) is 0 Å². The summed E-state index contributed by atoms with van der Waals surface area (Å²) in [6.07, 6.45) is 2.79. The van der Waals surface area contributed by atoms with Gasteiger partial charge in [0.15, 0.2) is 11.6 Å². The van der Waals surface area contributed by atoms with Crippen LogP contribution in [0.1, 0.15) is 93.5 Å². The van der Waals surface area contributed by atoms with Crippen LogP contribution in [0.25, 0.3) is 0 Å². The van der Waals surface area contributed by atoms with Crippen molar-refractivity contribution in [3.8, 4) is 11.8 Å². The molecule has 0 saturated heterocycles. The van der Waals surface area contributed by atoms with Gasteiger partial charge >= 0.3 is 6.18 Å². The lowest BCUT2D eigenvalue weighted by Gasteiger charge is -2.52. The molecule has 200 valence electrons. The molecule has 6 heteroatoms. The molecule has 0 aliphatic heterocycles. The number of halogens is 3. The van der Waals surface area contributed by atoms with E-state index in [2.05, 4.69) is 12.8 Å². The largest absolute Gasteiger partial charge is 0.457 e. The minimum Gasteiger partial charge on any atom is -0.299 e. The number of carbonyl (C=O) groups is 3. The first-order chi connectivity index (χ1) is 18.0. The van der Waals surface area contributed by atoms with Crippen LogP contribution in [0.15, 0.2) is 47.1 Å². The lowest BCUT2D eigenvalue weighted by Crippen LogP contribution is -2.45. The highest BCUT2D eigenvalue weighted by molar-refractivity contribution is 5.94. The molecule has 1 aromatic rings. The van der Waals surface area contributed by atoms with Crippen LogP contribution < -0.4 is 0 Å². The van der Waals surface area contributed by atoms with Gasteiger partial charge in [-0.15, -0.1) is 0 Å². The van der Waals surface area contributed by atoms with Crippen LogP contribution >= 0.6 is 0 Å². The van der Waals surface area contributed by atoms with Crippen molar-refractivity contribution in [3.63, 3.8) is 0 Å². The second kappa shape index (κ2) is 9.98. The molecule has 0 bridgehead atoms. The Bertz CT molecular complexity index is 1290. The summed E-state index contributed by atoms with van der Waals surface area (Å²) in [7, 11) is 0. The lowest BCUT2D eigenvalue weighted by molar-refractivity contribution is -0.127. The van der Waals surface area contributed by atoms with E-state index in [9.17, 15) is 27.6 Å². The Kier molecular flexibility index (Phi) is 7.00. The highest BCUT2D eigenvalue weighted by Gasteiger charge is 2.57. The zero-order valence-electron chi connectivity index (χ0n) is 21.9. The van der Waals surface area contributed by atoms with Crippen LogP contribution in [-0.4, -0.2) is 23.5 Å². The molecule has 0 heterocycles. The van der Waals surface area contributed by atoms with Crippen molar-refractivity contribution in [3.05, 3.63) is 58.2 Å². The summed E-state index contributed by atoms with van der Waals surface area (Å²) in [4.78, 5) is 37.5. The van der Waals surface area contributed by atoms with E-state index >= 15 is 0 Å². The zero-order valence-corrected chi connectivity index (χ0v) is 21.9. The zero-order chi connectivity index (χ0) is 27.2. The molecule has 3 nitrogen and oxygen atoms in total. The molecule has 0 unspecified atom stereocenters. The highest BCUT2D eigenvalue weighted by atomic mass is 19.4. The molecule has 0 N–H and O–H groups in total. The molecular weight excluding hydrogens is 489 g/mol. The Morgan fingerprint density at radius 2 is 1.79 bits per heavy atom. The van der Waals surface area contributed by atoms with E-state index in [1.165, 1.54) is 17.1 Å². The average molecular weight is 523 g/mol. The third-order valence-electron chi connectivity index (χ3n) is 9.57. The number of fused-ring (bicyclic) bond motifs is 4. The molecule has 5 rings (SSSR count). The van der Waals surface area contributed by atoms with Gasteiger partial charge in [-0.1, -0.05) is 42.7 Å². The number of carbonyl (C=O) groups excluding carboxylic acids is 3. The summed E-state index contributed by atoms with van der Waals surface area (Å²) < 4.78 is 37.3. The van der Waals surface area contributed by atoms with Crippen molar-refractivity contribution in [2.45, 2.75) is 83.7 Å². The van der Waals surface area contributed by atoms with Crippen molar-refractivity contribution >= 4 is 17.3 Å². The Morgan fingerprint density at radius 3 is 2.47 bits per heavy atom. The maximum Gasteiger partial charge on any atom is 0.457 e.